The smallest absolute Gasteiger partial charge is 0.251 e. The number of thiocarbonyl (C=S) groups is 1. The van der Waals surface area contributed by atoms with E-state index in [0.29, 0.717) is 5.11 Å². The zero-order valence-electron chi connectivity index (χ0n) is 13.9. The molecular formula is C18H23N3O2S. The maximum absolute atomic E-state index is 12.6. The Bertz CT molecular complexity index is 628. The molecule has 1 aromatic carbocycles. The lowest BCUT2D eigenvalue weighted by atomic mass is 9.93. The third-order valence-electron chi connectivity index (χ3n) is 4.86. The van der Waals surface area contributed by atoms with E-state index in [0.717, 1.165) is 31.4 Å². The summed E-state index contributed by atoms with van der Waals surface area (Å²) in [5.74, 6) is -0.229. The molecule has 0 spiro atoms. The molecule has 24 heavy (non-hydrogen) atoms. The number of rotatable bonds is 4. The standard InChI is InChI=1S/C18H23N3O2S/c1-20-17(23)15(12-16(22)19-13-8-4-2-5-9-13)21(18(20)24)14-10-6-3-7-11-14/h2,4-5,8-9,14-15H,3,6-7,10-12H2,1H3,(H,19,22). The van der Waals surface area contributed by atoms with Crippen LogP contribution in [-0.4, -0.2) is 45.9 Å². The van der Waals surface area contributed by atoms with Crippen LogP contribution in [0, 0.1) is 0 Å². The fourth-order valence-electron chi connectivity index (χ4n) is 3.61. The van der Waals surface area contributed by atoms with Crippen molar-refractivity contribution < 1.29 is 9.59 Å². The predicted molar refractivity (Wildman–Crippen MR) is 97.6 cm³/mol. The van der Waals surface area contributed by atoms with Gasteiger partial charge in [0.1, 0.15) is 6.04 Å². The highest BCUT2D eigenvalue weighted by molar-refractivity contribution is 7.80. The first-order valence-electron chi connectivity index (χ1n) is 8.52. The Morgan fingerprint density at radius 2 is 1.88 bits per heavy atom. The Morgan fingerprint density at radius 1 is 1.21 bits per heavy atom. The van der Waals surface area contributed by atoms with Crippen molar-refractivity contribution in [1.82, 2.24) is 9.80 Å². The first-order valence-corrected chi connectivity index (χ1v) is 8.93. The van der Waals surface area contributed by atoms with Crippen LogP contribution < -0.4 is 5.32 Å². The first-order chi connectivity index (χ1) is 11.6. The highest BCUT2D eigenvalue weighted by Crippen LogP contribution is 2.30. The fourth-order valence-corrected chi connectivity index (χ4v) is 3.97. The van der Waals surface area contributed by atoms with Crippen LogP contribution in [0.5, 0.6) is 0 Å². The number of anilines is 1. The van der Waals surface area contributed by atoms with Crippen LogP contribution in [0.4, 0.5) is 5.69 Å². The summed E-state index contributed by atoms with van der Waals surface area (Å²) >= 11 is 5.48. The Balaban J connectivity index is 1.72. The van der Waals surface area contributed by atoms with Crippen LogP contribution in [0.15, 0.2) is 30.3 Å². The number of benzene rings is 1. The van der Waals surface area contributed by atoms with Crippen LogP contribution in [0.2, 0.25) is 0 Å². The minimum absolute atomic E-state index is 0.0752. The topological polar surface area (TPSA) is 52.7 Å². The summed E-state index contributed by atoms with van der Waals surface area (Å²) in [6, 6.07) is 9.10. The molecular weight excluding hydrogens is 322 g/mol. The second kappa shape index (κ2) is 7.30. The van der Waals surface area contributed by atoms with Gasteiger partial charge in [0.25, 0.3) is 5.91 Å². The molecule has 1 saturated carbocycles. The van der Waals surface area contributed by atoms with Gasteiger partial charge in [-0.1, -0.05) is 37.5 Å². The lowest BCUT2D eigenvalue weighted by Crippen LogP contribution is -2.45. The molecule has 1 unspecified atom stereocenters. The molecule has 0 bridgehead atoms. The molecule has 128 valence electrons. The number of nitrogens with one attached hydrogen (secondary N) is 1. The number of hydrogen-bond acceptors (Lipinski definition) is 3. The Kier molecular flexibility index (Phi) is 5.14. The number of amides is 2. The first kappa shape index (κ1) is 16.9. The summed E-state index contributed by atoms with van der Waals surface area (Å²) in [6.07, 6.45) is 5.76. The second-order valence-corrected chi connectivity index (χ2v) is 6.88. The van der Waals surface area contributed by atoms with Crippen LogP contribution >= 0.6 is 12.2 Å². The molecule has 3 rings (SSSR count). The number of likely N-dealkylation sites (N-methyl/N-ethyl adjacent to an activating group) is 1. The highest BCUT2D eigenvalue weighted by atomic mass is 32.1. The molecule has 1 aliphatic heterocycles. The normalized spacial score (nSPS) is 22.1. The van der Waals surface area contributed by atoms with Gasteiger partial charge >= 0.3 is 0 Å². The number of carbonyl (C=O) groups is 2. The van der Waals surface area contributed by atoms with E-state index in [1.807, 2.05) is 35.2 Å². The van der Waals surface area contributed by atoms with Gasteiger partial charge in [0, 0.05) is 18.8 Å². The maximum atomic E-state index is 12.6. The number of nitrogens with zero attached hydrogens (tertiary/aromatic N) is 2. The van der Waals surface area contributed by atoms with Crippen molar-refractivity contribution in [2.75, 3.05) is 12.4 Å². The Morgan fingerprint density at radius 3 is 2.54 bits per heavy atom. The lowest BCUT2D eigenvalue weighted by Gasteiger charge is -2.35. The zero-order chi connectivity index (χ0) is 17.1. The quantitative estimate of drug-likeness (QED) is 0.853. The molecule has 0 radical (unpaired) electrons. The van der Waals surface area contributed by atoms with E-state index in [2.05, 4.69) is 5.32 Å². The second-order valence-electron chi connectivity index (χ2n) is 6.51. The van der Waals surface area contributed by atoms with Crippen LogP contribution in [0.25, 0.3) is 0 Å². The largest absolute Gasteiger partial charge is 0.333 e. The minimum Gasteiger partial charge on any atom is -0.333 e. The number of hydrogen-bond donors (Lipinski definition) is 1. The third kappa shape index (κ3) is 3.43. The van der Waals surface area contributed by atoms with Gasteiger partial charge < -0.3 is 10.2 Å². The summed E-state index contributed by atoms with van der Waals surface area (Å²) < 4.78 is 0. The summed E-state index contributed by atoms with van der Waals surface area (Å²) in [5.41, 5.74) is 0.744. The van der Waals surface area contributed by atoms with Crippen LogP contribution in [-0.2, 0) is 9.59 Å². The third-order valence-corrected chi connectivity index (χ3v) is 5.35. The van der Waals surface area contributed by atoms with E-state index in [4.69, 9.17) is 12.2 Å². The molecule has 1 atom stereocenters. The average molecular weight is 345 g/mol. The van der Waals surface area contributed by atoms with Gasteiger partial charge in [-0.15, -0.1) is 0 Å². The zero-order valence-corrected chi connectivity index (χ0v) is 14.7. The molecule has 1 aliphatic carbocycles. The van der Waals surface area contributed by atoms with E-state index in [9.17, 15) is 9.59 Å². The summed E-state index contributed by atoms with van der Waals surface area (Å²) in [6.45, 7) is 0. The lowest BCUT2D eigenvalue weighted by molar-refractivity contribution is -0.130. The SMILES string of the molecule is CN1C(=O)C(CC(=O)Nc2ccccc2)N(C2CCCCC2)C1=S. The summed E-state index contributed by atoms with van der Waals surface area (Å²) in [5, 5.41) is 3.42. The van der Waals surface area contributed by atoms with Gasteiger partial charge in [-0.25, -0.2) is 0 Å². The molecule has 1 heterocycles. The molecule has 1 N–H and O–H groups in total. The van der Waals surface area contributed by atoms with E-state index in [-0.39, 0.29) is 24.3 Å². The van der Waals surface area contributed by atoms with Crippen molar-refractivity contribution in [2.45, 2.75) is 50.6 Å². The molecule has 1 saturated heterocycles. The van der Waals surface area contributed by atoms with Gasteiger partial charge in [0.15, 0.2) is 5.11 Å². The molecule has 5 nitrogen and oxygen atoms in total. The summed E-state index contributed by atoms with van der Waals surface area (Å²) in [7, 11) is 1.70. The molecule has 2 fully saturated rings. The molecule has 6 heteroatoms. The van der Waals surface area contributed by atoms with E-state index < -0.39 is 6.04 Å². The van der Waals surface area contributed by atoms with E-state index in [1.165, 1.54) is 11.3 Å². The summed E-state index contributed by atoms with van der Waals surface area (Å²) in [4.78, 5) is 28.5. The molecule has 0 aromatic heterocycles. The van der Waals surface area contributed by atoms with Gasteiger partial charge in [-0.2, -0.15) is 0 Å². The number of para-hydroxylation sites is 1. The van der Waals surface area contributed by atoms with Crippen LogP contribution in [0.3, 0.4) is 0 Å². The maximum Gasteiger partial charge on any atom is 0.251 e. The molecule has 1 aromatic rings. The van der Waals surface area contributed by atoms with Crippen molar-refractivity contribution in [1.29, 1.82) is 0 Å². The Hall–Kier alpha value is -1.95. The van der Waals surface area contributed by atoms with E-state index >= 15 is 0 Å². The molecule has 2 aliphatic rings. The van der Waals surface area contributed by atoms with Crippen molar-refractivity contribution in [2.24, 2.45) is 0 Å². The Labute approximate surface area is 148 Å². The highest BCUT2D eigenvalue weighted by Gasteiger charge is 2.44. The van der Waals surface area contributed by atoms with Gasteiger partial charge in [-0.3, -0.25) is 14.5 Å². The van der Waals surface area contributed by atoms with Crippen LogP contribution in [0.1, 0.15) is 38.5 Å². The monoisotopic (exact) mass is 345 g/mol. The fraction of sp³-hybridized carbons (Fsp3) is 0.500. The van der Waals surface area contributed by atoms with Gasteiger partial charge in [0.2, 0.25) is 5.91 Å². The van der Waals surface area contributed by atoms with Crippen molar-refractivity contribution in [3.63, 3.8) is 0 Å². The predicted octanol–water partition coefficient (Wildman–Crippen LogP) is 2.78. The number of carbonyl (C=O) groups excluding carboxylic acids is 2. The van der Waals surface area contributed by atoms with E-state index in [1.54, 1.807) is 7.05 Å². The average Bonchev–Trinajstić information content (AvgIpc) is 2.80. The van der Waals surface area contributed by atoms with Gasteiger partial charge in [0.05, 0.1) is 6.42 Å². The minimum atomic E-state index is -0.477. The van der Waals surface area contributed by atoms with Crippen molar-refractivity contribution in [3.8, 4) is 0 Å². The van der Waals surface area contributed by atoms with Gasteiger partial charge in [-0.05, 0) is 37.2 Å². The van der Waals surface area contributed by atoms with Crippen molar-refractivity contribution in [3.05, 3.63) is 30.3 Å². The molecule has 2 amide bonds. The van der Waals surface area contributed by atoms with Crippen molar-refractivity contribution >= 4 is 34.8 Å².